The second-order valence-corrected chi connectivity index (χ2v) is 7.63. The molecular weight excluding hydrogens is 410 g/mol. The summed E-state index contributed by atoms with van der Waals surface area (Å²) in [5.41, 5.74) is 3.49. The van der Waals surface area contributed by atoms with Gasteiger partial charge in [-0.05, 0) is 41.8 Å². The van der Waals surface area contributed by atoms with Crippen LogP contribution in [0.5, 0.6) is 0 Å². The Kier molecular flexibility index (Phi) is 4.75. The van der Waals surface area contributed by atoms with Gasteiger partial charge in [0.15, 0.2) is 5.83 Å². The van der Waals surface area contributed by atoms with E-state index in [1.807, 2.05) is 24.3 Å². The minimum absolute atomic E-state index is 0.00431. The Bertz CT molecular complexity index is 1270. The number of ether oxygens (including phenoxy) is 1. The monoisotopic (exact) mass is 426 g/mol. The first-order valence-electron chi connectivity index (χ1n) is 9.48. The van der Waals surface area contributed by atoms with Crippen LogP contribution < -0.4 is 0 Å². The molecule has 0 aliphatic heterocycles. The lowest BCUT2D eigenvalue weighted by molar-refractivity contribution is 0.157. The van der Waals surface area contributed by atoms with Crippen LogP contribution in [0.25, 0.3) is 22.1 Å². The average Bonchev–Trinajstić information content (AvgIpc) is 3.33. The van der Waals surface area contributed by atoms with Crippen molar-refractivity contribution in [2.24, 2.45) is 0 Å². The maximum atomic E-state index is 14.8. The molecule has 30 heavy (non-hydrogen) atoms. The number of imidazole rings is 1. The standard InChI is InChI=1S/C22H17ClF2N4O/c23-14-7-15-13(9-26-22(15)27-10-14)5-12-6-17(25)20(8-16(12)24)30-11-21-28-18-3-1-2-4-19(18)29-21/h1-4,6-7,9-10,16H,5,8,11H2,(H,26,27)(H,28,29). The number of aromatic nitrogens is 4. The molecule has 0 bridgehead atoms. The van der Waals surface area contributed by atoms with Crippen LogP contribution in [-0.4, -0.2) is 26.1 Å². The number of allylic oxidation sites excluding steroid dienone is 4. The summed E-state index contributed by atoms with van der Waals surface area (Å²) in [6.45, 7) is 0.0416. The molecular formula is C22H17ClF2N4O. The lowest BCUT2D eigenvalue weighted by Gasteiger charge is -2.20. The van der Waals surface area contributed by atoms with E-state index in [1.165, 1.54) is 12.3 Å². The number of pyridine rings is 1. The van der Waals surface area contributed by atoms with Crippen LogP contribution in [0.4, 0.5) is 8.78 Å². The molecule has 1 aliphatic carbocycles. The number of nitrogens with zero attached hydrogens (tertiary/aromatic N) is 2. The number of halogens is 3. The van der Waals surface area contributed by atoms with Crippen LogP contribution in [0.1, 0.15) is 17.8 Å². The molecule has 1 unspecified atom stereocenters. The normalized spacial score (nSPS) is 17.0. The molecule has 1 aliphatic rings. The quantitative estimate of drug-likeness (QED) is 0.430. The molecule has 152 valence electrons. The summed E-state index contributed by atoms with van der Waals surface area (Å²) in [6.07, 6.45) is 3.27. The van der Waals surface area contributed by atoms with Gasteiger partial charge in [-0.3, -0.25) is 0 Å². The molecule has 3 heterocycles. The number of hydrogen-bond acceptors (Lipinski definition) is 3. The molecule has 0 radical (unpaired) electrons. The fourth-order valence-electron chi connectivity index (χ4n) is 3.64. The maximum absolute atomic E-state index is 14.8. The number of aromatic amines is 2. The van der Waals surface area contributed by atoms with E-state index in [2.05, 4.69) is 19.9 Å². The van der Waals surface area contributed by atoms with E-state index in [1.54, 1.807) is 12.3 Å². The summed E-state index contributed by atoms with van der Waals surface area (Å²) in [5, 5.41) is 1.29. The number of hydrogen-bond donors (Lipinski definition) is 2. The van der Waals surface area contributed by atoms with E-state index in [0.29, 0.717) is 22.1 Å². The minimum Gasteiger partial charge on any atom is -0.487 e. The van der Waals surface area contributed by atoms with E-state index in [0.717, 1.165) is 22.0 Å². The molecule has 3 aromatic heterocycles. The molecule has 2 N–H and O–H groups in total. The van der Waals surface area contributed by atoms with Gasteiger partial charge in [0, 0.05) is 24.2 Å². The van der Waals surface area contributed by atoms with Gasteiger partial charge in [-0.2, -0.15) is 0 Å². The molecule has 5 rings (SSSR count). The highest BCUT2D eigenvalue weighted by Crippen LogP contribution is 2.32. The van der Waals surface area contributed by atoms with Gasteiger partial charge in [-0.25, -0.2) is 18.7 Å². The summed E-state index contributed by atoms with van der Waals surface area (Å²) in [5.74, 6) is -0.00814. The Hall–Kier alpha value is -3.19. The molecule has 5 nitrogen and oxygen atoms in total. The van der Waals surface area contributed by atoms with Gasteiger partial charge in [0.25, 0.3) is 0 Å². The van der Waals surface area contributed by atoms with E-state index >= 15 is 0 Å². The SMILES string of the molecule is FC1=C(OCc2nc3ccccc3[nH]2)CC(F)C(Cc2c[nH]c3ncc(Cl)cc23)=C1. The van der Waals surface area contributed by atoms with Crippen LogP contribution in [0.3, 0.4) is 0 Å². The Morgan fingerprint density at radius 3 is 3.00 bits per heavy atom. The van der Waals surface area contributed by atoms with Crippen LogP contribution in [-0.2, 0) is 17.8 Å². The number of para-hydroxylation sites is 2. The molecule has 1 atom stereocenters. The zero-order valence-electron chi connectivity index (χ0n) is 15.8. The Balaban J connectivity index is 1.34. The van der Waals surface area contributed by atoms with E-state index < -0.39 is 12.0 Å². The highest BCUT2D eigenvalue weighted by molar-refractivity contribution is 6.31. The van der Waals surface area contributed by atoms with Gasteiger partial charge in [0.1, 0.15) is 30.0 Å². The molecule has 0 amide bonds. The van der Waals surface area contributed by atoms with Crippen molar-refractivity contribution in [3.8, 4) is 0 Å². The lowest BCUT2D eigenvalue weighted by Crippen LogP contribution is -2.15. The van der Waals surface area contributed by atoms with Crippen molar-refractivity contribution in [3.05, 3.63) is 82.4 Å². The second-order valence-electron chi connectivity index (χ2n) is 7.19. The van der Waals surface area contributed by atoms with Crippen molar-refractivity contribution in [3.63, 3.8) is 0 Å². The van der Waals surface area contributed by atoms with E-state index in [4.69, 9.17) is 16.3 Å². The van der Waals surface area contributed by atoms with Gasteiger partial charge < -0.3 is 14.7 Å². The fraction of sp³-hybridized carbons (Fsp3) is 0.182. The van der Waals surface area contributed by atoms with Crippen LogP contribution in [0, 0.1) is 0 Å². The van der Waals surface area contributed by atoms with Gasteiger partial charge in [-0.1, -0.05) is 23.7 Å². The van der Waals surface area contributed by atoms with Crippen LogP contribution in [0.15, 0.2) is 66.0 Å². The first kappa shape index (κ1) is 18.8. The molecule has 4 aromatic rings. The minimum atomic E-state index is -1.34. The third-order valence-electron chi connectivity index (χ3n) is 5.14. The van der Waals surface area contributed by atoms with Gasteiger partial charge >= 0.3 is 0 Å². The van der Waals surface area contributed by atoms with E-state index in [9.17, 15) is 8.78 Å². The Labute approximate surface area is 175 Å². The number of alkyl halides is 1. The molecule has 0 fully saturated rings. The molecule has 0 saturated carbocycles. The van der Waals surface area contributed by atoms with Crippen molar-refractivity contribution >= 4 is 33.7 Å². The van der Waals surface area contributed by atoms with Gasteiger partial charge in [-0.15, -0.1) is 0 Å². The predicted molar refractivity (Wildman–Crippen MR) is 111 cm³/mol. The molecule has 1 aromatic carbocycles. The van der Waals surface area contributed by atoms with E-state index in [-0.39, 0.29) is 25.2 Å². The van der Waals surface area contributed by atoms with Gasteiger partial charge in [0.05, 0.1) is 16.1 Å². The largest absolute Gasteiger partial charge is 0.487 e. The topological polar surface area (TPSA) is 66.6 Å². The smallest absolute Gasteiger partial charge is 0.160 e. The zero-order valence-corrected chi connectivity index (χ0v) is 16.5. The highest BCUT2D eigenvalue weighted by atomic mass is 35.5. The average molecular weight is 427 g/mol. The predicted octanol–water partition coefficient (Wildman–Crippen LogP) is 5.70. The van der Waals surface area contributed by atoms with Crippen LogP contribution >= 0.6 is 11.6 Å². The third-order valence-corrected chi connectivity index (χ3v) is 5.35. The van der Waals surface area contributed by atoms with Crippen molar-refractivity contribution in [1.82, 2.24) is 19.9 Å². The zero-order chi connectivity index (χ0) is 20.7. The Morgan fingerprint density at radius 1 is 1.27 bits per heavy atom. The summed E-state index contributed by atoms with van der Waals surface area (Å²) in [7, 11) is 0. The number of nitrogens with one attached hydrogen (secondary N) is 2. The highest BCUT2D eigenvalue weighted by Gasteiger charge is 2.25. The van der Waals surface area contributed by atoms with Crippen molar-refractivity contribution < 1.29 is 13.5 Å². The summed E-state index contributed by atoms with van der Waals surface area (Å²) in [4.78, 5) is 14.7. The number of fused-ring (bicyclic) bond motifs is 2. The maximum Gasteiger partial charge on any atom is 0.160 e. The number of rotatable bonds is 5. The molecule has 8 heteroatoms. The third kappa shape index (κ3) is 3.57. The van der Waals surface area contributed by atoms with Crippen molar-refractivity contribution in [2.45, 2.75) is 25.6 Å². The fourth-order valence-corrected chi connectivity index (χ4v) is 3.80. The first-order chi connectivity index (χ1) is 14.6. The number of H-pyrrole nitrogens is 2. The second kappa shape index (κ2) is 7.57. The number of benzene rings is 1. The van der Waals surface area contributed by atoms with Crippen LogP contribution in [0.2, 0.25) is 5.02 Å². The summed E-state index contributed by atoms with van der Waals surface area (Å²) in [6, 6.07) is 9.31. The first-order valence-corrected chi connectivity index (χ1v) is 9.86. The Morgan fingerprint density at radius 2 is 2.13 bits per heavy atom. The van der Waals surface area contributed by atoms with Gasteiger partial charge in [0.2, 0.25) is 0 Å². The summed E-state index contributed by atoms with van der Waals surface area (Å²) >= 11 is 6.02. The van der Waals surface area contributed by atoms with Crippen molar-refractivity contribution in [2.75, 3.05) is 0 Å². The molecule has 0 spiro atoms. The molecule has 0 saturated heterocycles. The lowest BCUT2D eigenvalue weighted by atomic mass is 9.94. The van der Waals surface area contributed by atoms with Crippen molar-refractivity contribution in [1.29, 1.82) is 0 Å². The summed E-state index contributed by atoms with van der Waals surface area (Å²) < 4.78 is 35.0.